The Labute approximate surface area is 107 Å². The minimum atomic E-state index is -0.777. The van der Waals surface area contributed by atoms with Gasteiger partial charge in [-0.3, -0.25) is 4.79 Å². The lowest BCUT2D eigenvalue weighted by Crippen LogP contribution is -2.46. The summed E-state index contributed by atoms with van der Waals surface area (Å²) in [6.07, 6.45) is 3.53. The molecule has 3 aliphatic rings. The van der Waals surface area contributed by atoms with E-state index in [1.54, 1.807) is 4.90 Å². The largest absolute Gasteiger partial charge is 0.481 e. The Kier molecular flexibility index (Phi) is 2.72. The van der Waals surface area contributed by atoms with E-state index in [1.165, 1.54) is 6.42 Å². The third-order valence-corrected chi connectivity index (χ3v) is 4.85. The number of carboxylic acids is 1. The average molecular weight is 252 g/mol. The van der Waals surface area contributed by atoms with E-state index in [0.29, 0.717) is 25.0 Å². The van der Waals surface area contributed by atoms with Crippen LogP contribution in [-0.2, 0) is 4.79 Å². The van der Waals surface area contributed by atoms with Crippen LogP contribution in [0.2, 0.25) is 0 Å². The number of piperidine rings is 1. The summed E-state index contributed by atoms with van der Waals surface area (Å²) < 4.78 is 0. The number of aliphatic carboxylic acids is 1. The molecule has 0 spiro atoms. The van der Waals surface area contributed by atoms with Crippen molar-refractivity contribution in [2.45, 2.75) is 32.2 Å². The third kappa shape index (κ3) is 1.76. The summed E-state index contributed by atoms with van der Waals surface area (Å²) in [5, 5.41) is 9.10. The molecule has 2 aliphatic heterocycles. The van der Waals surface area contributed by atoms with Gasteiger partial charge in [-0.15, -0.1) is 0 Å². The van der Waals surface area contributed by atoms with Gasteiger partial charge in [0.25, 0.3) is 0 Å². The van der Waals surface area contributed by atoms with Gasteiger partial charge in [0.05, 0.1) is 5.92 Å². The summed E-state index contributed by atoms with van der Waals surface area (Å²) in [6, 6.07) is 0.486. The second kappa shape index (κ2) is 4.14. The monoisotopic (exact) mass is 252 g/mol. The molecule has 0 aromatic carbocycles. The van der Waals surface area contributed by atoms with Crippen LogP contribution in [0.4, 0.5) is 4.79 Å². The van der Waals surface area contributed by atoms with Crippen molar-refractivity contribution < 1.29 is 14.7 Å². The average Bonchev–Trinajstić information content (AvgIpc) is 3.01. The minimum absolute atomic E-state index is 0.0613. The molecule has 2 heterocycles. The number of rotatable bonds is 1. The molecule has 0 radical (unpaired) electrons. The number of fused-ring (bicyclic) bond motifs is 2. The van der Waals surface area contributed by atoms with Crippen molar-refractivity contribution in [1.29, 1.82) is 0 Å². The maximum atomic E-state index is 12.4. The highest BCUT2D eigenvalue weighted by atomic mass is 16.4. The van der Waals surface area contributed by atoms with E-state index in [9.17, 15) is 9.59 Å². The van der Waals surface area contributed by atoms with Crippen LogP contribution in [0.5, 0.6) is 0 Å². The zero-order valence-electron chi connectivity index (χ0n) is 10.7. The number of nitrogens with zero attached hydrogens (tertiary/aromatic N) is 2. The summed E-state index contributed by atoms with van der Waals surface area (Å²) in [4.78, 5) is 27.2. The molecule has 18 heavy (non-hydrogen) atoms. The van der Waals surface area contributed by atoms with Crippen LogP contribution in [0.15, 0.2) is 0 Å². The molecule has 4 atom stereocenters. The van der Waals surface area contributed by atoms with Gasteiger partial charge >= 0.3 is 12.0 Å². The van der Waals surface area contributed by atoms with E-state index in [-0.39, 0.29) is 11.9 Å². The summed E-state index contributed by atoms with van der Waals surface area (Å²) in [5.41, 5.74) is 0. The molecule has 1 saturated carbocycles. The SMILES string of the molecule is CC1CN(C(=O)N2CC3CCC2C3)CC1C(=O)O. The van der Waals surface area contributed by atoms with E-state index in [2.05, 4.69) is 0 Å². The molecule has 4 unspecified atom stereocenters. The number of hydrogen-bond acceptors (Lipinski definition) is 2. The van der Waals surface area contributed by atoms with Crippen LogP contribution >= 0.6 is 0 Å². The zero-order valence-corrected chi connectivity index (χ0v) is 10.7. The first-order chi connectivity index (χ1) is 8.56. The van der Waals surface area contributed by atoms with Gasteiger partial charge in [0.1, 0.15) is 0 Å². The van der Waals surface area contributed by atoms with Gasteiger partial charge in [-0.1, -0.05) is 6.92 Å². The van der Waals surface area contributed by atoms with Crippen LogP contribution in [-0.4, -0.2) is 52.6 Å². The van der Waals surface area contributed by atoms with Crippen LogP contribution < -0.4 is 0 Å². The Morgan fingerprint density at radius 2 is 1.94 bits per heavy atom. The summed E-state index contributed by atoms with van der Waals surface area (Å²) >= 11 is 0. The van der Waals surface area contributed by atoms with Crippen LogP contribution in [0.3, 0.4) is 0 Å². The van der Waals surface area contributed by atoms with Gasteiger partial charge in [-0.25, -0.2) is 4.79 Å². The third-order valence-electron chi connectivity index (χ3n) is 4.85. The second-order valence-corrected chi connectivity index (χ2v) is 6.09. The number of carbonyl (C=O) groups is 2. The molecule has 3 fully saturated rings. The quantitative estimate of drug-likeness (QED) is 0.764. The van der Waals surface area contributed by atoms with Crippen molar-refractivity contribution >= 4 is 12.0 Å². The number of likely N-dealkylation sites (tertiary alicyclic amines) is 2. The highest BCUT2D eigenvalue weighted by Gasteiger charge is 2.44. The fourth-order valence-electron chi connectivity index (χ4n) is 3.79. The number of carboxylic acid groups (broad SMARTS) is 1. The van der Waals surface area contributed by atoms with Gasteiger partial charge in [0.15, 0.2) is 0 Å². The number of carbonyl (C=O) groups excluding carboxylic acids is 1. The van der Waals surface area contributed by atoms with E-state index in [1.807, 2.05) is 11.8 Å². The first kappa shape index (κ1) is 11.8. The van der Waals surface area contributed by atoms with E-state index < -0.39 is 11.9 Å². The molecule has 2 saturated heterocycles. The second-order valence-electron chi connectivity index (χ2n) is 6.09. The molecular weight excluding hydrogens is 232 g/mol. The van der Waals surface area contributed by atoms with Gasteiger partial charge in [-0.05, 0) is 31.1 Å². The van der Waals surface area contributed by atoms with Crippen molar-refractivity contribution in [2.24, 2.45) is 17.8 Å². The van der Waals surface area contributed by atoms with Crippen LogP contribution in [0.25, 0.3) is 0 Å². The first-order valence-electron chi connectivity index (χ1n) is 6.84. The predicted octanol–water partition coefficient (Wildman–Crippen LogP) is 1.24. The molecule has 3 rings (SSSR count). The fraction of sp³-hybridized carbons (Fsp3) is 0.846. The zero-order chi connectivity index (χ0) is 12.9. The van der Waals surface area contributed by atoms with Crippen LogP contribution in [0, 0.1) is 17.8 Å². The first-order valence-corrected chi connectivity index (χ1v) is 6.84. The lowest BCUT2D eigenvalue weighted by molar-refractivity contribution is -0.142. The molecule has 5 nitrogen and oxygen atoms in total. The van der Waals surface area contributed by atoms with Gasteiger partial charge in [0, 0.05) is 25.7 Å². The highest BCUT2D eigenvalue weighted by molar-refractivity contribution is 5.78. The Morgan fingerprint density at radius 3 is 2.44 bits per heavy atom. The van der Waals surface area contributed by atoms with Gasteiger partial charge < -0.3 is 14.9 Å². The molecule has 2 amide bonds. The number of amides is 2. The summed E-state index contributed by atoms with van der Waals surface area (Å²) in [6.45, 7) is 3.77. The maximum Gasteiger partial charge on any atom is 0.320 e. The topological polar surface area (TPSA) is 60.9 Å². The molecule has 0 aromatic rings. The summed E-state index contributed by atoms with van der Waals surface area (Å²) in [7, 11) is 0. The van der Waals surface area contributed by atoms with Crippen molar-refractivity contribution in [3.63, 3.8) is 0 Å². The Bertz CT molecular complexity index is 384. The molecule has 100 valence electrons. The van der Waals surface area contributed by atoms with E-state index >= 15 is 0 Å². The van der Waals surface area contributed by atoms with Gasteiger partial charge in [-0.2, -0.15) is 0 Å². The molecule has 1 N–H and O–H groups in total. The number of hydrogen-bond donors (Lipinski definition) is 1. The molecule has 0 aromatic heterocycles. The molecule has 1 aliphatic carbocycles. The van der Waals surface area contributed by atoms with Crippen molar-refractivity contribution in [3.05, 3.63) is 0 Å². The Morgan fingerprint density at radius 1 is 1.17 bits per heavy atom. The lowest BCUT2D eigenvalue weighted by Gasteiger charge is -2.31. The van der Waals surface area contributed by atoms with Crippen LogP contribution in [0.1, 0.15) is 26.2 Å². The molecule has 5 heteroatoms. The minimum Gasteiger partial charge on any atom is -0.481 e. The lowest BCUT2D eigenvalue weighted by atomic mass is 9.99. The van der Waals surface area contributed by atoms with Gasteiger partial charge in [0.2, 0.25) is 0 Å². The van der Waals surface area contributed by atoms with Crippen molar-refractivity contribution in [1.82, 2.24) is 9.80 Å². The summed E-state index contributed by atoms with van der Waals surface area (Å²) in [5.74, 6) is -0.421. The van der Waals surface area contributed by atoms with E-state index in [4.69, 9.17) is 5.11 Å². The molecule has 2 bridgehead atoms. The fourth-order valence-corrected chi connectivity index (χ4v) is 3.79. The highest BCUT2D eigenvalue weighted by Crippen LogP contribution is 2.38. The predicted molar refractivity (Wildman–Crippen MR) is 65.1 cm³/mol. The van der Waals surface area contributed by atoms with E-state index in [0.717, 1.165) is 19.4 Å². The Hall–Kier alpha value is -1.26. The Balaban J connectivity index is 1.66. The number of urea groups is 1. The van der Waals surface area contributed by atoms with Crippen molar-refractivity contribution in [3.8, 4) is 0 Å². The normalized spacial score (nSPS) is 38.5. The smallest absolute Gasteiger partial charge is 0.320 e. The maximum absolute atomic E-state index is 12.4. The standard InChI is InChI=1S/C13H20N2O3/c1-8-5-14(7-11(8)12(16)17)13(18)15-6-9-2-3-10(15)4-9/h8-11H,2-7H2,1H3,(H,16,17). The molecular formula is C13H20N2O3. The van der Waals surface area contributed by atoms with Crippen molar-refractivity contribution in [2.75, 3.05) is 19.6 Å².